The fraction of sp³-hybridized carbons (Fsp3) is 0.261. The molecule has 9 heteroatoms. The maximum absolute atomic E-state index is 9.28. The molecule has 160 valence electrons. The van der Waals surface area contributed by atoms with Crippen molar-refractivity contribution in [2.24, 2.45) is 16.1 Å². The number of hydrogen-bond acceptors (Lipinski definition) is 9. The quantitative estimate of drug-likeness (QED) is 0.671. The Hall–Kier alpha value is -4.19. The van der Waals surface area contributed by atoms with E-state index < -0.39 is 11.0 Å². The van der Waals surface area contributed by atoms with E-state index in [0.29, 0.717) is 17.4 Å². The lowest BCUT2D eigenvalue weighted by Gasteiger charge is -2.33. The second kappa shape index (κ2) is 7.20. The minimum Gasteiger partial charge on any atom is -0.492 e. The highest BCUT2D eigenvalue weighted by molar-refractivity contribution is 5.77. The van der Waals surface area contributed by atoms with Gasteiger partial charge in [-0.1, -0.05) is 0 Å². The number of nitriles is 1. The molecule has 0 bridgehead atoms. The van der Waals surface area contributed by atoms with Gasteiger partial charge in [0.15, 0.2) is 5.54 Å². The summed E-state index contributed by atoms with van der Waals surface area (Å²) in [4.78, 5) is 17.4. The Morgan fingerprint density at radius 3 is 2.69 bits per heavy atom. The normalized spacial score (nSPS) is 18.6. The van der Waals surface area contributed by atoms with Crippen molar-refractivity contribution >= 4 is 6.02 Å². The average Bonchev–Trinajstić information content (AvgIpc) is 3.21. The Kier molecular flexibility index (Phi) is 4.44. The van der Waals surface area contributed by atoms with Gasteiger partial charge in [-0.2, -0.15) is 5.26 Å². The van der Waals surface area contributed by atoms with Crippen LogP contribution < -0.4 is 15.2 Å². The van der Waals surface area contributed by atoms with Crippen molar-refractivity contribution in [3.63, 3.8) is 0 Å². The van der Waals surface area contributed by atoms with Crippen LogP contribution in [0, 0.1) is 16.7 Å². The predicted octanol–water partition coefficient (Wildman–Crippen LogP) is 3.16. The lowest BCUT2D eigenvalue weighted by molar-refractivity contribution is 0.225. The van der Waals surface area contributed by atoms with Crippen molar-refractivity contribution in [2.45, 2.75) is 19.4 Å². The molecule has 0 amide bonds. The highest BCUT2D eigenvalue weighted by Gasteiger charge is 2.48. The van der Waals surface area contributed by atoms with Crippen LogP contribution in [0.3, 0.4) is 0 Å². The van der Waals surface area contributed by atoms with Crippen LogP contribution in [0.1, 0.15) is 25.0 Å². The van der Waals surface area contributed by atoms with E-state index in [2.05, 4.69) is 26.0 Å². The van der Waals surface area contributed by atoms with E-state index in [1.165, 1.54) is 6.33 Å². The van der Waals surface area contributed by atoms with Crippen LogP contribution in [0.25, 0.3) is 11.1 Å². The third-order valence-corrected chi connectivity index (χ3v) is 5.43. The molecule has 4 heterocycles. The van der Waals surface area contributed by atoms with Gasteiger partial charge >= 0.3 is 0 Å². The van der Waals surface area contributed by atoms with Gasteiger partial charge in [-0.25, -0.2) is 19.9 Å². The molecule has 0 unspecified atom stereocenters. The first kappa shape index (κ1) is 19.8. The summed E-state index contributed by atoms with van der Waals surface area (Å²) in [6.07, 6.45) is 6.61. The molecular weight excluding hydrogens is 408 g/mol. The number of pyridine rings is 1. The number of ether oxygens (including phenoxy) is 3. The van der Waals surface area contributed by atoms with Crippen LogP contribution in [-0.2, 0) is 10.3 Å². The summed E-state index contributed by atoms with van der Waals surface area (Å²) in [5.41, 5.74) is 7.51. The Balaban J connectivity index is 1.61. The topological polar surface area (TPSA) is 129 Å². The molecule has 9 nitrogen and oxygen atoms in total. The number of hydrogen-bond donors (Lipinski definition) is 1. The Morgan fingerprint density at radius 1 is 1.16 bits per heavy atom. The molecule has 3 aromatic rings. The van der Waals surface area contributed by atoms with E-state index in [1.54, 1.807) is 30.7 Å². The van der Waals surface area contributed by atoms with Crippen LogP contribution in [0.5, 0.6) is 17.4 Å². The summed E-state index contributed by atoms with van der Waals surface area (Å²) in [7, 11) is 0. The predicted molar refractivity (Wildman–Crippen MR) is 115 cm³/mol. The Morgan fingerprint density at radius 2 is 1.97 bits per heavy atom. The maximum Gasteiger partial charge on any atom is 0.283 e. The molecule has 2 aromatic heterocycles. The zero-order valence-electron chi connectivity index (χ0n) is 17.6. The van der Waals surface area contributed by atoms with E-state index in [-0.39, 0.29) is 19.2 Å². The number of benzene rings is 1. The number of aliphatic imine (C=N–C) groups is 1. The molecule has 0 saturated carbocycles. The Labute approximate surface area is 184 Å². The van der Waals surface area contributed by atoms with Crippen molar-refractivity contribution in [1.29, 1.82) is 5.26 Å². The van der Waals surface area contributed by atoms with Gasteiger partial charge in [0.1, 0.15) is 31.0 Å². The molecule has 2 N–H and O–H groups in total. The smallest absolute Gasteiger partial charge is 0.283 e. The second-order valence-electron chi connectivity index (χ2n) is 8.35. The van der Waals surface area contributed by atoms with Crippen LogP contribution >= 0.6 is 0 Å². The lowest BCUT2D eigenvalue weighted by Crippen LogP contribution is -2.31. The molecule has 1 atom stereocenters. The molecule has 1 spiro atoms. The Bertz CT molecular complexity index is 1270. The van der Waals surface area contributed by atoms with Crippen LogP contribution in [0.15, 0.2) is 54.2 Å². The number of rotatable bonds is 4. The monoisotopic (exact) mass is 428 g/mol. The van der Waals surface area contributed by atoms with Gasteiger partial charge in [-0.15, -0.1) is 0 Å². The van der Waals surface area contributed by atoms with Gasteiger partial charge in [0.2, 0.25) is 5.88 Å². The van der Waals surface area contributed by atoms with Crippen molar-refractivity contribution < 1.29 is 14.2 Å². The highest BCUT2D eigenvalue weighted by Crippen LogP contribution is 2.51. The molecule has 0 fully saturated rings. The first-order valence-corrected chi connectivity index (χ1v) is 10.0. The van der Waals surface area contributed by atoms with Crippen molar-refractivity contribution in [1.82, 2.24) is 15.0 Å². The van der Waals surface area contributed by atoms with Gasteiger partial charge in [0.05, 0.1) is 17.0 Å². The largest absolute Gasteiger partial charge is 0.492 e. The van der Waals surface area contributed by atoms with Crippen molar-refractivity contribution in [2.75, 3.05) is 13.2 Å². The van der Waals surface area contributed by atoms with E-state index in [9.17, 15) is 5.26 Å². The van der Waals surface area contributed by atoms with E-state index in [1.807, 2.05) is 26.0 Å². The van der Waals surface area contributed by atoms with Crippen molar-refractivity contribution in [3.05, 3.63) is 60.3 Å². The minimum atomic E-state index is -0.935. The molecule has 2 aliphatic rings. The van der Waals surface area contributed by atoms with Gasteiger partial charge in [-0.3, -0.25) is 0 Å². The molecule has 0 aliphatic carbocycles. The second-order valence-corrected chi connectivity index (χ2v) is 8.35. The van der Waals surface area contributed by atoms with Crippen LogP contribution in [-0.4, -0.2) is 34.2 Å². The molecule has 0 radical (unpaired) electrons. The summed E-state index contributed by atoms with van der Waals surface area (Å²) in [5, 5.41) is 9.28. The van der Waals surface area contributed by atoms with Gasteiger partial charge in [0, 0.05) is 35.3 Å². The molecule has 2 aliphatic heterocycles. The summed E-state index contributed by atoms with van der Waals surface area (Å²) >= 11 is 0. The average molecular weight is 428 g/mol. The fourth-order valence-electron chi connectivity index (χ4n) is 3.70. The summed E-state index contributed by atoms with van der Waals surface area (Å²) in [5.74, 6) is 1.62. The number of nitrogens with two attached hydrogens (primary N) is 1. The first-order valence-electron chi connectivity index (χ1n) is 10.0. The molecule has 32 heavy (non-hydrogen) atoms. The number of fused-ring (bicyclic) bond motifs is 4. The lowest BCUT2D eigenvalue weighted by atomic mass is 9.81. The van der Waals surface area contributed by atoms with E-state index in [0.717, 1.165) is 22.3 Å². The zero-order chi connectivity index (χ0) is 22.3. The minimum absolute atomic E-state index is 0.0918. The van der Waals surface area contributed by atoms with Crippen LogP contribution in [0.4, 0.5) is 0 Å². The van der Waals surface area contributed by atoms with Crippen LogP contribution in [0.2, 0.25) is 0 Å². The molecule has 5 rings (SSSR count). The number of nitrogens with zero attached hydrogens (tertiary/aromatic N) is 5. The molecular formula is C23H20N6O3. The number of aromatic nitrogens is 3. The van der Waals surface area contributed by atoms with Crippen molar-refractivity contribution in [3.8, 4) is 34.6 Å². The number of amidine groups is 1. The first-order chi connectivity index (χ1) is 15.4. The standard InChI is InChI=1S/C23H20N6O3/c1-22(2,10-24)11-30-16-3-4-19-17(6-16)23(12-31-21(25)29-23)18-5-14(9-28-20(18)32-19)15-7-26-13-27-8-15/h3-9,13H,11-12H2,1-2H3,(H2,25,29)/t23-/m0/s1. The molecule has 0 saturated heterocycles. The van der Waals surface area contributed by atoms with E-state index >= 15 is 0 Å². The highest BCUT2D eigenvalue weighted by atomic mass is 16.5. The maximum atomic E-state index is 9.28. The summed E-state index contributed by atoms with van der Waals surface area (Å²) in [6, 6.07) is 9.73. The zero-order valence-corrected chi connectivity index (χ0v) is 17.6. The third-order valence-electron chi connectivity index (χ3n) is 5.43. The molecule has 1 aromatic carbocycles. The third kappa shape index (κ3) is 3.26. The van der Waals surface area contributed by atoms with Gasteiger partial charge in [0.25, 0.3) is 6.02 Å². The van der Waals surface area contributed by atoms with Gasteiger partial charge < -0.3 is 19.9 Å². The summed E-state index contributed by atoms with van der Waals surface area (Å²) in [6.45, 7) is 4.09. The fourth-order valence-corrected chi connectivity index (χ4v) is 3.70. The van der Waals surface area contributed by atoms with Gasteiger partial charge in [-0.05, 0) is 38.1 Å². The SMILES string of the molecule is CC(C)(C#N)COc1ccc2c(c1)[C@@]1(COC(N)=N1)c1cc(-c3cncnc3)cnc1O2. The van der Waals surface area contributed by atoms with E-state index in [4.69, 9.17) is 19.9 Å². The summed E-state index contributed by atoms with van der Waals surface area (Å²) < 4.78 is 17.6.